The van der Waals surface area contributed by atoms with Crippen LogP contribution in [-0.2, 0) is 4.79 Å². The summed E-state index contributed by atoms with van der Waals surface area (Å²) >= 11 is 7.69. The van der Waals surface area contributed by atoms with E-state index in [0.717, 1.165) is 38.2 Å². The van der Waals surface area contributed by atoms with Crippen LogP contribution in [0, 0.1) is 5.92 Å². The van der Waals surface area contributed by atoms with Crippen LogP contribution in [0.4, 0.5) is 0 Å². The van der Waals surface area contributed by atoms with Gasteiger partial charge in [-0.15, -0.1) is 0 Å². The van der Waals surface area contributed by atoms with E-state index in [4.69, 9.17) is 22.4 Å². The molecule has 2 N–H and O–H groups in total. The van der Waals surface area contributed by atoms with Gasteiger partial charge in [-0.05, 0) is 55.7 Å². The Morgan fingerprint density at radius 2 is 1.96 bits per heavy atom. The molecule has 5 rings (SSSR count). The van der Waals surface area contributed by atoms with Crippen molar-refractivity contribution in [1.29, 1.82) is 0 Å². The molecule has 2 heterocycles. The summed E-state index contributed by atoms with van der Waals surface area (Å²) in [4.78, 5) is 18.1. The van der Waals surface area contributed by atoms with E-state index in [1.54, 1.807) is 11.8 Å². The van der Waals surface area contributed by atoms with E-state index in [1.165, 1.54) is 12.8 Å². The van der Waals surface area contributed by atoms with Crippen molar-refractivity contribution in [3.63, 3.8) is 0 Å². The number of nitrogens with zero attached hydrogens (tertiary/aromatic N) is 3. The van der Waals surface area contributed by atoms with Gasteiger partial charge in [-0.25, -0.2) is 0 Å². The van der Waals surface area contributed by atoms with E-state index >= 15 is 0 Å². The van der Waals surface area contributed by atoms with Gasteiger partial charge in [-0.1, -0.05) is 23.4 Å². The molecule has 5 nitrogen and oxygen atoms in total. The van der Waals surface area contributed by atoms with E-state index in [9.17, 15) is 4.79 Å². The molecule has 2 saturated carbocycles. The fourth-order valence-corrected chi connectivity index (χ4v) is 4.47. The second-order valence-corrected chi connectivity index (χ2v) is 8.98. The first-order chi connectivity index (χ1) is 13.6. The van der Waals surface area contributed by atoms with Crippen LogP contribution in [0.15, 0.2) is 58.6 Å². The van der Waals surface area contributed by atoms with Crippen molar-refractivity contribution in [3.8, 4) is 11.3 Å². The lowest BCUT2D eigenvalue weighted by molar-refractivity contribution is -0.119. The zero-order chi connectivity index (χ0) is 19.3. The highest BCUT2D eigenvalue weighted by Gasteiger charge is 2.43. The number of aromatic nitrogens is 3. The minimum absolute atomic E-state index is 0.0663. The molecule has 2 aliphatic carbocycles. The predicted octanol–water partition coefficient (Wildman–Crippen LogP) is 4.67. The van der Waals surface area contributed by atoms with Crippen LogP contribution in [-0.4, -0.2) is 20.7 Å². The quantitative estimate of drug-likeness (QED) is 0.640. The lowest BCUT2D eigenvalue weighted by Crippen LogP contribution is -2.13. The van der Waals surface area contributed by atoms with Crippen molar-refractivity contribution in [2.75, 3.05) is 0 Å². The molecular formula is C21H19ClN4OS. The number of nitrogens with two attached hydrogens (primary N) is 1. The van der Waals surface area contributed by atoms with Crippen LogP contribution in [0.5, 0.6) is 0 Å². The summed E-state index contributed by atoms with van der Waals surface area (Å²) in [6, 6.07) is 12.4. The summed E-state index contributed by atoms with van der Waals surface area (Å²) in [5.41, 5.74) is 8.25. The standard InChI is InChI=1S/C21H19ClN4OS/c22-13-2-6-15(7-3-13)28-19-11-26(14-4-5-14)25-20(19)12-1-8-18(24-10-12)16-9-17(16)21(23)27/h1-3,6-8,10-11,14,16-17H,4-5,9H2,(H2,23,27). The van der Waals surface area contributed by atoms with Gasteiger partial charge in [0.2, 0.25) is 5.91 Å². The minimum atomic E-state index is -0.235. The molecule has 1 amide bonds. The van der Waals surface area contributed by atoms with Crippen molar-refractivity contribution < 1.29 is 4.79 Å². The number of halogens is 1. The molecule has 2 fully saturated rings. The summed E-state index contributed by atoms with van der Waals surface area (Å²) in [6.07, 6.45) is 7.15. The van der Waals surface area contributed by atoms with Crippen LogP contribution in [0.1, 0.15) is 36.9 Å². The zero-order valence-electron chi connectivity index (χ0n) is 15.1. The normalized spacial score (nSPS) is 20.9. The van der Waals surface area contributed by atoms with E-state index in [2.05, 4.69) is 15.9 Å². The minimum Gasteiger partial charge on any atom is -0.369 e. The number of hydrogen-bond acceptors (Lipinski definition) is 4. The third kappa shape index (κ3) is 3.54. The highest BCUT2D eigenvalue weighted by Crippen LogP contribution is 2.47. The largest absolute Gasteiger partial charge is 0.369 e. The predicted molar refractivity (Wildman–Crippen MR) is 109 cm³/mol. The van der Waals surface area contributed by atoms with Crippen molar-refractivity contribution in [3.05, 3.63) is 59.5 Å². The summed E-state index contributed by atoms with van der Waals surface area (Å²) < 4.78 is 2.07. The maximum atomic E-state index is 11.3. The third-order valence-electron chi connectivity index (χ3n) is 5.26. The molecule has 142 valence electrons. The Balaban J connectivity index is 1.43. The molecule has 28 heavy (non-hydrogen) atoms. The summed E-state index contributed by atoms with van der Waals surface area (Å²) in [5.74, 6) is -0.136. The van der Waals surface area contributed by atoms with Gasteiger partial charge < -0.3 is 5.73 Å². The number of rotatable bonds is 6. The summed E-state index contributed by atoms with van der Waals surface area (Å²) in [5, 5.41) is 5.57. The summed E-state index contributed by atoms with van der Waals surface area (Å²) in [6.45, 7) is 0. The number of pyridine rings is 1. The van der Waals surface area contributed by atoms with Crippen molar-refractivity contribution in [2.45, 2.75) is 41.0 Å². The van der Waals surface area contributed by atoms with Gasteiger partial charge >= 0.3 is 0 Å². The lowest BCUT2D eigenvalue weighted by Gasteiger charge is -2.04. The molecule has 2 atom stereocenters. The van der Waals surface area contributed by atoms with Crippen molar-refractivity contribution in [2.24, 2.45) is 11.7 Å². The second kappa shape index (κ2) is 6.94. The number of hydrogen-bond donors (Lipinski definition) is 1. The smallest absolute Gasteiger partial charge is 0.221 e. The average molecular weight is 411 g/mol. The Kier molecular flexibility index (Phi) is 4.40. The van der Waals surface area contributed by atoms with Crippen molar-refractivity contribution >= 4 is 29.3 Å². The number of amides is 1. The monoisotopic (exact) mass is 410 g/mol. The van der Waals surface area contributed by atoms with Gasteiger partial charge in [-0.3, -0.25) is 14.5 Å². The molecule has 0 spiro atoms. The van der Waals surface area contributed by atoms with Crippen LogP contribution in [0.3, 0.4) is 0 Å². The fraction of sp³-hybridized carbons (Fsp3) is 0.286. The van der Waals surface area contributed by atoms with Crippen molar-refractivity contribution in [1.82, 2.24) is 14.8 Å². The Morgan fingerprint density at radius 1 is 1.18 bits per heavy atom. The van der Waals surface area contributed by atoms with Crippen LogP contribution >= 0.6 is 23.4 Å². The Labute approximate surface area is 172 Å². The van der Waals surface area contributed by atoms with Crippen LogP contribution in [0.2, 0.25) is 5.02 Å². The van der Waals surface area contributed by atoms with Gasteiger partial charge in [0.15, 0.2) is 0 Å². The maximum Gasteiger partial charge on any atom is 0.221 e. The topological polar surface area (TPSA) is 73.8 Å². The van der Waals surface area contributed by atoms with Crippen LogP contribution < -0.4 is 5.73 Å². The summed E-state index contributed by atoms with van der Waals surface area (Å²) in [7, 11) is 0. The molecule has 0 radical (unpaired) electrons. The molecule has 2 aliphatic rings. The fourth-order valence-electron chi connectivity index (χ4n) is 3.41. The molecule has 0 aliphatic heterocycles. The lowest BCUT2D eigenvalue weighted by atomic mass is 10.1. The third-order valence-corrected chi connectivity index (χ3v) is 6.53. The number of carbonyl (C=O) groups is 1. The molecule has 0 bridgehead atoms. The molecule has 1 aromatic carbocycles. The highest BCUT2D eigenvalue weighted by atomic mass is 35.5. The first kappa shape index (κ1) is 17.8. The molecular weight excluding hydrogens is 392 g/mol. The van der Waals surface area contributed by atoms with E-state index < -0.39 is 0 Å². The number of benzene rings is 1. The number of carbonyl (C=O) groups excluding carboxylic acids is 1. The Bertz CT molecular complexity index is 1030. The second-order valence-electron chi connectivity index (χ2n) is 7.43. The first-order valence-electron chi connectivity index (χ1n) is 9.36. The Morgan fingerprint density at radius 3 is 2.57 bits per heavy atom. The van der Waals surface area contributed by atoms with Gasteiger partial charge in [-0.2, -0.15) is 5.10 Å². The maximum absolute atomic E-state index is 11.3. The Hall–Kier alpha value is -2.31. The van der Waals surface area contributed by atoms with Gasteiger partial charge in [0.05, 0.1) is 10.9 Å². The van der Waals surface area contributed by atoms with E-state index in [-0.39, 0.29) is 17.7 Å². The van der Waals surface area contributed by atoms with E-state index in [1.807, 2.05) is 42.6 Å². The van der Waals surface area contributed by atoms with Crippen LogP contribution in [0.25, 0.3) is 11.3 Å². The molecule has 7 heteroatoms. The molecule has 2 unspecified atom stereocenters. The zero-order valence-corrected chi connectivity index (χ0v) is 16.7. The highest BCUT2D eigenvalue weighted by molar-refractivity contribution is 7.99. The average Bonchev–Trinajstić information content (AvgIpc) is 3.61. The molecule has 2 aromatic heterocycles. The van der Waals surface area contributed by atoms with Gasteiger partial charge in [0.1, 0.15) is 5.69 Å². The molecule has 0 saturated heterocycles. The van der Waals surface area contributed by atoms with Gasteiger partial charge in [0.25, 0.3) is 0 Å². The number of primary amides is 1. The SMILES string of the molecule is NC(=O)C1CC1c1ccc(-c2nn(C3CC3)cc2Sc2ccc(Cl)cc2)cn1. The van der Waals surface area contributed by atoms with Gasteiger partial charge in [0, 0.05) is 45.4 Å². The van der Waals surface area contributed by atoms with E-state index in [0.29, 0.717) is 6.04 Å². The molecule has 3 aromatic rings. The first-order valence-corrected chi connectivity index (χ1v) is 10.6.